The van der Waals surface area contributed by atoms with Gasteiger partial charge in [0.25, 0.3) is 0 Å². The molecule has 29 heavy (non-hydrogen) atoms. The Kier molecular flexibility index (Phi) is 5.48. The van der Waals surface area contributed by atoms with Crippen LogP contribution in [0.15, 0.2) is 47.4 Å². The summed E-state index contributed by atoms with van der Waals surface area (Å²) in [5.41, 5.74) is 1.08. The van der Waals surface area contributed by atoms with E-state index < -0.39 is 16.3 Å². The number of amides is 1. The van der Waals surface area contributed by atoms with E-state index in [1.165, 1.54) is 30.3 Å². The molecule has 3 rings (SSSR count). The van der Waals surface area contributed by atoms with Gasteiger partial charge in [-0.1, -0.05) is 12.1 Å². The number of hydrogen-bond acceptors (Lipinski definition) is 6. The molecule has 0 aliphatic carbocycles. The number of rotatable bonds is 6. The Hall–Kier alpha value is -2.76. The third-order valence-corrected chi connectivity index (χ3v) is 5.36. The molecule has 11 heteroatoms. The van der Waals surface area contributed by atoms with E-state index in [1.807, 2.05) is 6.92 Å². The summed E-state index contributed by atoms with van der Waals surface area (Å²) in [6.07, 6.45) is -3.72. The molecule has 0 saturated carbocycles. The maximum Gasteiger partial charge on any atom is 0.586 e. The van der Waals surface area contributed by atoms with Crippen molar-refractivity contribution in [2.45, 2.75) is 24.2 Å². The van der Waals surface area contributed by atoms with Crippen molar-refractivity contribution in [2.75, 3.05) is 18.9 Å². The zero-order valence-corrected chi connectivity index (χ0v) is 16.4. The SMILES string of the molecule is C[C@H](c1ccc(S(N)(=O)=O)cc1)N(C)CC(=O)Nc1ccc2c(c1)OC(F)(F)O2. The lowest BCUT2D eigenvalue weighted by atomic mass is 10.1. The summed E-state index contributed by atoms with van der Waals surface area (Å²) in [5, 5.41) is 7.69. The minimum Gasteiger partial charge on any atom is -0.395 e. The van der Waals surface area contributed by atoms with Gasteiger partial charge in [0.1, 0.15) is 0 Å². The molecule has 0 unspecified atom stereocenters. The number of carbonyl (C=O) groups is 1. The first-order chi connectivity index (χ1) is 13.4. The van der Waals surface area contributed by atoms with Crippen molar-refractivity contribution in [1.82, 2.24) is 4.90 Å². The van der Waals surface area contributed by atoms with Crippen LogP contribution in [-0.2, 0) is 14.8 Å². The highest BCUT2D eigenvalue weighted by Gasteiger charge is 2.43. The Morgan fingerprint density at radius 2 is 1.79 bits per heavy atom. The van der Waals surface area contributed by atoms with Gasteiger partial charge in [-0.05, 0) is 43.8 Å². The highest BCUT2D eigenvalue weighted by molar-refractivity contribution is 7.89. The number of likely N-dealkylation sites (N-methyl/N-ethyl adjacent to an activating group) is 1. The molecule has 1 aliphatic heterocycles. The third-order valence-electron chi connectivity index (χ3n) is 4.43. The molecular formula is C18H19F2N3O5S. The second-order valence-corrected chi connectivity index (χ2v) is 8.14. The fraction of sp³-hybridized carbons (Fsp3) is 0.278. The number of fused-ring (bicyclic) bond motifs is 1. The van der Waals surface area contributed by atoms with Crippen molar-refractivity contribution in [3.8, 4) is 11.5 Å². The average molecular weight is 427 g/mol. The smallest absolute Gasteiger partial charge is 0.395 e. The highest BCUT2D eigenvalue weighted by atomic mass is 32.2. The minimum atomic E-state index is -3.77. The van der Waals surface area contributed by atoms with Gasteiger partial charge in [0.15, 0.2) is 11.5 Å². The summed E-state index contributed by atoms with van der Waals surface area (Å²) >= 11 is 0. The Labute approximate surface area is 166 Å². The monoisotopic (exact) mass is 427 g/mol. The summed E-state index contributed by atoms with van der Waals surface area (Å²) in [6, 6.07) is 9.81. The van der Waals surface area contributed by atoms with Crippen LogP contribution >= 0.6 is 0 Å². The Balaban J connectivity index is 1.61. The van der Waals surface area contributed by atoms with Crippen LogP contribution in [0.3, 0.4) is 0 Å². The van der Waals surface area contributed by atoms with Crippen molar-refractivity contribution < 1.29 is 31.5 Å². The Morgan fingerprint density at radius 3 is 2.41 bits per heavy atom. The van der Waals surface area contributed by atoms with Crippen LogP contribution in [0.2, 0.25) is 0 Å². The predicted octanol–water partition coefficient (Wildman–Crippen LogP) is 2.29. The normalized spacial score (nSPS) is 15.9. The van der Waals surface area contributed by atoms with Crippen LogP contribution in [0.4, 0.5) is 14.5 Å². The van der Waals surface area contributed by atoms with Gasteiger partial charge in [-0.15, -0.1) is 8.78 Å². The number of sulfonamides is 1. The zero-order chi connectivity index (χ0) is 21.4. The molecule has 3 N–H and O–H groups in total. The Bertz CT molecular complexity index is 1030. The number of alkyl halides is 2. The van der Waals surface area contributed by atoms with Crippen LogP contribution in [0.25, 0.3) is 0 Å². The van der Waals surface area contributed by atoms with E-state index in [0.29, 0.717) is 0 Å². The molecule has 0 radical (unpaired) electrons. The zero-order valence-electron chi connectivity index (χ0n) is 15.6. The van der Waals surface area contributed by atoms with Gasteiger partial charge in [-0.3, -0.25) is 9.69 Å². The lowest BCUT2D eigenvalue weighted by Crippen LogP contribution is -2.32. The number of ether oxygens (including phenoxy) is 2. The summed E-state index contributed by atoms with van der Waals surface area (Å²) in [4.78, 5) is 14.0. The van der Waals surface area contributed by atoms with Gasteiger partial charge < -0.3 is 14.8 Å². The van der Waals surface area contributed by atoms with Crippen molar-refractivity contribution in [3.63, 3.8) is 0 Å². The molecule has 0 spiro atoms. The van der Waals surface area contributed by atoms with Crippen LogP contribution < -0.4 is 19.9 Å². The van der Waals surface area contributed by atoms with E-state index in [0.717, 1.165) is 5.56 Å². The number of benzene rings is 2. The number of carbonyl (C=O) groups excluding carboxylic acids is 1. The van der Waals surface area contributed by atoms with Crippen LogP contribution in [0, 0.1) is 0 Å². The second-order valence-electron chi connectivity index (χ2n) is 6.58. The van der Waals surface area contributed by atoms with E-state index in [1.54, 1.807) is 24.1 Å². The molecule has 2 aromatic carbocycles. The van der Waals surface area contributed by atoms with E-state index >= 15 is 0 Å². The molecule has 1 amide bonds. The van der Waals surface area contributed by atoms with E-state index in [4.69, 9.17) is 5.14 Å². The number of primary sulfonamides is 1. The first kappa shape index (κ1) is 21.0. The molecule has 2 aromatic rings. The first-order valence-electron chi connectivity index (χ1n) is 8.47. The first-order valence-corrected chi connectivity index (χ1v) is 10.0. The average Bonchev–Trinajstić information content (AvgIpc) is 2.93. The van der Waals surface area contributed by atoms with E-state index in [2.05, 4.69) is 14.8 Å². The molecule has 8 nitrogen and oxygen atoms in total. The molecule has 0 fully saturated rings. The predicted molar refractivity (Wildman–Crippen MR) is 100 cm³/mol. The van der Waals surface area contributed by atoms with Gasteiger partial charge in [0.05, 0.1) is 11.4 Å². The number of nitrogens with zero attached hydrogens (tertiary/aromatic N) is 1. The van der Waals surface area contributed by atoms with Crippen LogP contribution in [-0.4, -0.2) is 39.1 Å². The molecule has 1 aliphatic rings. The summed E-state index contributed by atoms with van der Waals surface area (Å²) in [7, 11) is -2.05. The van der Waals surface area contributed by atoms with Gasteiger partial charge in [-0.2, -0.15) is 0 Å². The van der Waals surface area contributed by atoms with Crippen molar-refractivity contribution in [2.24, 2.45) is 5.14 Å². The number of nitrogens with two attached hydrogens (primary N) is 1. The largest absolute Gasteiger partial charge is 0.586 e. The molecule has 0 aromatic heterocycles. The number of halogens is 2. The molecule has 1 heterocycles. The number of anilines is 1. The molecular weight excluding hydrogens is 408 g/mol. The number of hydrogen-bond donors (Lipinski definition) is 2. The fourth-order valence-electron chi connectivity index (χ4n) is 2.78. The topological polar surface area (TPSA) is 111 Å². The minimum absolute atomic E-state index is 0.00207. The quantitative estimate of drug-likeness (QED) is 0.732. The van der Waals surface area contributed by atoms with E-state index in [-0.39, 0.29) is 40.6 Å². The molecule has 1 atom stereocenters. The highest BCUT2D eigenvalue weighted by Crippen LogP contribution is 2.42. The molecule has 0 bridgehead atoms. The Morgan fingerprint density at radius 1 is 1.17 bits per heavy atom. The lowest BCUT2D eigenvalue weighted by molar-refractivity contribution is -0.286. The lowest BCUT2D eigenvalue weighted by Gasteiger charge is -2.24. The second kappa shape index (κ2) is 7.58. The van der Waals surface area contributed by atoms with Crippen LogP contribution in [0.5, 0.6) is 11.5 Å². The summed E-state index contributed by atoms with van der Waals surface area (Å²) < 4.78 is 57.5. The van der Waals surface area contributed by atoms with Gasteiger partial charge in [-0.25, -0.2) is 13.6 Å². The van der Waals surface area contributed by atoms with Crippen molar-refractivity contribution in [1.29, 1.82) is 0 Å². The maximum absolute atomic E-state index is 13.1. The summed E-state index contributed by atoms with van der Waals surface area (Å²) in [6.45, 7) is 1.85. The van der Waals surface area contributed by atoms with Gasteiger partial charge in [0.2, 0.25) is 15.9 Å². The van der Waals surface area contributed by atoms with Crippen molar-refractivity contribution in [3.05, 3.63) is 48.0 Å². The van der Waals surface area contributed by atoms with Gasteiger partial charge in [0, 0.05) is 17.8 Å². The van der Waals surface area contributed by atoms with Crippen LogP contribution in [0.1, 0.15) is 18.5 Å². The standard InChI is InChI=1S/C18H19F2N3O5S/c1-11(12-3-6-14(7-4-12)29(21,25)26)23(2)10-17(24)22-13-5-8-15-16(9-13)28-18(19,20)27-15/h3-9,11H,10H2,1-2H3,(H,22,24)(H2,21,25,26)/t11-/m1/s1. The summed E-state index contributed by atoms with van der Waals surface area (Å²) in [5.74, 6) is -0.641. The maximum atomic E-state index is 13.1. The molecule has 156 valence electrons. The number of nitrogens with one attached hydrogen (secondary N) is 1. The van der Waals surface area contributed by atoms with Crippen molar-refractivity contribution >= 4 is 21.6 Å². The fourth-order valence-corrected chi connectivity index (χ4v) is 3.30. The van der Waals surface area contributed by atoms with Gasteiger partial charge >= 0.3 is 6.29 Å². The molecule has 0 saturated heterocycles. The third kappa shape index (κ3) is 5.00. The van der Waals surface area contributed by atoms with E-state index in [9.17, 15) is 22.0 Å².